The summed E-state index contributed by atoms with van der Waals surface area (Å²) in [5.41, 5.74) is 4.14. The van der Waals surface area contributed by atoms with E-state index in [4.69, 9.17) is 0 Å². The normalized spacial score (nSPS) is 14.2. The molecule has 0 atom stereocenters. The number of hydrogen-bond donors (Lipinski definition) is 1. The first-order valence-electron chi connectivity index (χ1n) is 7.41. The summed E-state index contributed by atoms with van der Waals surface area (Å²) in [4.78, 5) is 1.34. The van der Waals surface area contributed by atoms with Crippen molar-refractivity contribution < 1.29 is 0 Å². The average Bonchev–Trinajstić information content (AvgIpc) is 3.32. The molecule has 104 valence electrons. The maximum Gasteiger partial charge on any atom is 0.0481 e. The van der Waals surface area contributed by atoms with Gasteiger partial charge in [0, 0.05) is 17.1 Å². The minimum absolute atomic E-state index is 0.831. The predicted molar refractivity (Wildman–Crippen MR) is 88.6 cm³/mol. The Labute approximate surface area is 125 Å². The highest BCUT2D eigenvalue weighted by molar-refractivity contribution is 7.99. The second-order valence-electron chi connectivity index (χ2n) is 5.30. The molecule has 0 bridgehead atoms. The molecule has 0 spiro atoms. The van der Waals surface area contributed by atoms with Crippen LogP contribution >= 0.6 is 11.8 Å². The molecular weight excluding hydrogens is 262 g/mol. The molecule has 2 aromatic carbocycles. The van der Waals surface area contributed by atoms with Crippen LogP contribution in [0.2, 0.25) is 0 Å². The maximum absolute atomic E-state index is 3.58. The molecule has 1 nitrogen and oxygen atoms in total. The molecule has 0 aromatic heterocycles. The summed E-state index contributed by atoms with van der Waals surface area (Å²) >= 11 is 1.89. The average molecular weight is 283 g/mol. The van der Waals surface area contributed by atoms with Crippen LogP contribution in [0, 0.1) is 0 Å². The fourth-order valence-corrected chi connectivity index (χ4v) is 3.25. The molecule has 20 heavy (non-hydrogen) atoms. The number of hydrogen-bond acceptors (Lipinski definition) is 2. The van der Waals surface area contributed by atoms with Crippen molar-refractivity contribution in [3.8, 4) is 0 Å². The van der Waals surface area contributed by atoms with Crippen molar-refractivity contribution in [2.75, 3.05) is 11.1 Å². The second-order valence-corrected chi connectivity index (χ2v) is 6.61. The van der Waals surface area contributed by atoms with Crippen LogP contribution in [0.3, 0.4) is 0 Å². The number of benzene rings is 2. The maximum atomic E-state index is 3.58. The van der Waals surface area contributed by atoms with Gasteiger partial charge < -0.3 is 5.32 Å². The summed E-state index contributed by atoms with van der Waals surface area (Å²) < 4.78 is 0. The highest BCUT2D eigenvalue weighted by Gasteiger charge is 2.23. The number of nitrogens with one attached hydrogen (secondary N) is 1. The largest absolute Gasteiger partial charge is 0.380 e. The van der Waals surface area contributed by atoms with Crippen molar-refractivity contribution in [3.63, 3.8) is 0 Å². The Kier molecular flexibility index (Phi) is 4.31. The Morgan fingerprint density at radius 1 is 1.10 bits per heavy atom. The van der Waals surface area contributed by atoms with Crippen LogP contribution in [0.1, 0.15) is 36.8 Å². The van der Waals surface area contributed by atoms with Crippen LogP contribution < -0.4 is 5.32 Å². The van der Waals surface area contributed by atoms with Crippen molar-refractivity contribution in [1.82, 2.24) is 0 Å². The van der Waals surface area contributed by atoms with Crippen molar-refractivity contribution in [2.24, 2.45) is 0 Å². The van der Waals surface area contributed by atoms with E-state index in [1.165, 1.54) is 34.6 Å². The van der Waals surface area contributed by atoms with E-state index in [9.17, 15) is 0 Å². The van der Waals surface area contributed by atoms with Crippen LogP contribution in [0.25, 0.3) is 0 Å². The fraction of sp³-hybridized carbons (Fsp3) is 0.333. The number of thioether (sulfide) groups is 1. The first-order valence-corrected chi connectivity index (χ1v) is 8.40. The van der Waals surface area contributed by atoms with Crippen LogP contribution in [-0.2, 0) is 6.54 Å². The van der Waals surface area contributed by atoms with Crippen molar-refractivity contribution >= 4 is 17.4 Å². The molecule has 1 aliphatic rings. The van der Waals surface area contributed by atoms with Gasteiger partial charge in [-0.3, -0.25) is 0 Å². The third kappa shape index (κ3) is 3.37. The van der Waals surface area contributed by atoms with E-state index in [0.29, 0.717) is 0 Å². The van der Waals surface area contributed by atoms with E-state index in [1.54, 1.807) is 0 Å². The van der Waals surface area contributed by atoms with E-state index >= 15 is 0 Å². The molecule has 0 radical (unpaired) electrons. The van der Waals surface area contributed by atoms with E-state index in [0.717, 1.165) is 18.2 Å². The van der Waals surface area contributed by atoms with E-state index < -0.39 is 0 Å². The molecule has 0 heterocycles. The summed E-state index contributed by atoms with van der Waals surface area (Å²) in [5, 5.41) is 3.58. The van der Waals surface area contributed by atoms with Crippen LogP contribution in [0.5, 0.6) is 0 Å². The molecule has 0 amide bonds. The zero-order valence-electron chi connectivity index (χ0n) is 11.9. The first-order chi connectivity index (χ1) is 9.86. The minimum Gasteiger partial charge on any atom is -0.380 e. The van der Waals surface area contributed by atoms with Gasteiger partial charge in [0.2, 0.25) is 0 Å². The van der Waals surface area contributed by atoms with Gasteiger partial charge in [-0.1, -0.05) is 43.3 Å². The summed E-state index contributed by atoms with van der Waals surface area (Å²) in [6.07, 6.45) is 2.74. The Bertz CT molecular complexity index is 575. The Balaban J connectivity index is 1.68. The molecule has 0 saturated heterocycles. The monoisotopic (exact) mass is 283 g/mol. The summed E-state index contributed by atoms with van der Waals surface area (Å²) in [7, 11) is 0. The molecule has 0 unspecified atom stereocenters. The molecule has 2 heteroatoms. The van der Waals surface area contributed by atoms with Gasteiger partial charge in [0.15, 0.2) is 0 Å². The van der Waals surface area contributed by atoms with Crippen LogP contribution in [-0.4, -0.2) is 5.75 Å². The minimum atomic E-state index is 0.831. The van der Waals surface area contributed by atoms with E-state index in [2.05, 4.69) is 60.8 Å². The molecule has 1 fully saturated rings. The lowest BCUT2D eigenvalue weighted by Gasteiger charge is -2.11. The molecule has 1 N–H and O–H groups in total. The van der Waals surface area contributed by atoms with Gasteiger partial charge >= 0.3 is 0 Å². The highest BCUT2D eigenvalue weighted by atomic mass is 32.2. The lowest BCUT2D eigenvalue weighted by molar-refractivity contribution is 1.08. The van der Waals surface area contributed by atoms with Gasteiger partial charge in [-0.15, -0.1) is 11.8 Å². The Morgan fingerprint density at radius 3 is 2.75 bits per heavy atom. The van der Waals surface area contributed by atoms with Gasteiger partial charge in [0.05, 0.1) is 0 Å². The number of rotatable bonds is 6. The summed E-state index contributed by atoms with van der Waals surface area (Å²) in [6, 6.07) is 17.6. The standard InChI is InChI=1S/C18H21NS/c1-2-20-18-9-4-3-8-17(18)19-13-14-6-5-7-16(12-14)15-10-11-15/h3-9,12,15,19H,2,10-11,13H2,1H3. The van der Waals surface area contributed by atoms with Gasteiger partial charge in [0.1, 0.15) is 0 Å². The van der Waals surface area contributed by atoms with Gasteiger partial charge in [0.25, 0.3) is 0 Å². The first kappa shape index (κ1) is 13.6. The zero-order valence-corrected chi connectivity index (χ0v) is 12.7. The topological polar surface area (TPSA) is 12.0 Å². The Morgan fingerprint density at radius 2 is 1.95 bits per heavy atom. The third-order valence-electron chi connectivity index (χ3n) is 3.67. The third-order valence-corrected chi connectivity index (χ3v) is 4.63. The van der Waals surface area contributed by atoms with Crippen molar-refractivity contribution in [1.29, 1.82) is 0 Å². The smallest absolute Gasteiger partial charge is 0.0481 e. The summed E-state index contributed by atoms with van der Waals surface area (Å²) in [5.74, 6) is 1.94. The quantitative estimate of drug-likeness (QED) is 0.723. The lowest BCUT2D eigenvalue weighted by atomic mass is 10.1. The predicted octanol–water partition coefficient (Wildman–Crippen LogP) is 5.29. The fourth-order valence-electron chi connectivity index (χ4n) is 2.47. The molecule has 0 aliphatic heterocycles. The lowest BCUT2D eigenvalue weighted by Crippen LogP contribution is -2.01. The van der Waals surface area contributed by atoms with Crippen molar-refractivity contribution in [2.45, 2.75) is 37.1 Å². The summed E-state index contributed by atoms with van der Waals surface area (Å²) in [6.45, 7) is 3.10. The number of anilines is 1. The van der Waals surface area contributed by atoms with Gasteiger partial charge in [-0.25, -0.2) is 0 Å². The van der Waals surface area contributed by atoms with Gasteiger partial charge in [-0.05, 0) is 47.8 Å². The van der Waals surface area contributed by atoms with E-state index in [1.807, 2.05) is 11.8 Å². The molecule has 1 saturated carbocycles. The second kappa shape index (κ2) is 6.36. The SMILES string of the molecule is CCSc1ccccc1NCc1cccc(C2CC2)c1. The molecule has 1 aliphatic carbocycles. The van der Waals surface area contributed by atoms with Gasteiger partial charge in [-0.2, -0.15) is 0 Å². The molecule has 3 rings (SSSR count). The van der Waals surface area contributed by atoms with Crippen LogP contribution in [0.15, 0.2) is 53.4 Å². The van der Waals surface area contributed by atoms with E-state index in [-0.39, 0.29) is 0 Å². The van der Waals surface area contributed by atoms with Crippen molar-refractivity contribution in [3.05, 3.63) is 59.7 Å². The Hall–Kier alpha value is -1.41. The number of para-hydroxylation sites is 1. The van der Waals surface area contributed by atoms with Crippen LogP contribution in [0.4, 0.5) is 5.69 Å². The zero-order chi connectivity index (χ0) is 13.8. The molecule has 2 aromatic rings. The molecular formula is C18H21NS. The highest BCUT2D eigenvalue weighted by Crippen LogP contribution is 2.40.